The van der Waals surface area contributed by atoms with Crippen LogP contribution in [0.15, 0.2) is 35.3 Å². The van der Waals surface area contributed by atoms with Crippen molar-refractivity contribution in [1.29, 1.82) is 0 Å². The van der Waals surface area contributed by atoms with Gasteiger partial charge in [-0.05, 0) is 62.3 Å². The Kier molecular flexibility index (Phi) is 27.5. The average molecular weight is 1060 g/mol. The molecule has 1 aromatic carbocycles. The number of alkyl carbamates (subject to hydrolysis) is 1. The predicted molar refractivity (Wildman–Crippen MR) is 274 cm³/mol. The minimum atomic E-state index is -1.97. The molecule has 2 rings (SSSR count). The molecule has 2 unspecified atom stereocenters. The van der Waals surface area contributed by atoms with Gasteiger partial charge in [-0.3, -0.25) is 38.6 Å². The average Bonchev–Trinajstić information content (AvgIpc) is 4.02. The van der Waals surface area contributed by atoms with E-state index in [-0.39, 0.29) is 82.7 Å². The van der Waals surface area contributed by atoms with Gasteiger partial charge in [0.1, 0.15) is 30.8 Å². The Hall–Kier alpha value is -6.64. The molecular weight excluding hydrogens is 981 g/mol. The molecule has 11 atom stereocenters. The molecule has 18 N–H and O–H groups in total. The third kappa shape index (κ3) is 22.4. The van der Waals surface area contributed by atoms with Gasteiger partial charge in [0.2, 0.25) is 41.4 Å². The Morgan fingerprint density at radius 3 is 1.95 bits per heavy atom. The highest BCUT2D eigenvalue weighted by molar-refractivity contribution is 5.96. The van der Waals surface area contributed by atoms with Crippen LogP contribution >= 0.6 is 0 Å². The maximum absolute atomic E-state index is 13.9. The third-order valence-electron chi connectivity index (χ3n) is 12.7. The van der Waals surface area contributed by atoms with Crippen LogP contribution < -0.4 is 59.7 Å². The van der Waals surface area contributed by atoms with Gasteiger partial charge in [0.25, 0.3) is 0 Å². The van der Waals surface area contributed by atoms with Crippen LogP contribution in [0.4, 0.5) is 4.79 Å². The second-order valence-electron chi connectivity index (χ2n) is 19.8. The van der Waals surface area contributed by atoms with Crippen LogP contribution in [0.2, 0.25) is 0 Å². The van der Waals surface area contributed by atoms with E-state index >= 15 is 0 Å². The van der Waals surface area contributed by atoms with Crippen molar-refractivity contribution in [3.8, 4) is 0 Å². The third-order valence-corrected chi connectivity index (χ3v) is 12.7. The summed E-state index contributed by atoms with van der Waals surface area (Å²) in [5.41, 5.74) is 15.7. The molecule has 8 amide bonds. The number of hydrogen-bond donors (Lipinski definition) is 15. The fraction of sp³-hybridized carbons (Fsp3) is 0.673. The molecule has 1 fully saturated rings. The molecule has 0 heterocycles. The molecule has 0 radical (unpaired) electrons. The molecule has 0 aliphatic heterocycles. The van der Waals surface area contributed by atoms with Gasteiger partial charge >= 0.3 is 12.1 Å². The second-order valence-corrected chi connectivity index (χ2v) is 19.8. The number of hydrogen-bond acceptors (Lipinski definition) is 15. The van der Waals surface area contributed by atoms with Crippen LogP contribution in [0.25, 0.3) is 0 Å². The number of carbonyl (C=O) groups is 9. The topological polar surface area (TPSA) is 430 Å². The predicted octanol–water partition coefficient (Wildman–Crippen LogP) is -2.70. The summed E-state index contributed by atoms with van der Waals surface area (Å²) in [6, 6.07) is 3.44. The highest BCUT2D eigenvalue weighted by Crippen LogP contribution is 2.36. The smallest absolute Gasteiger partial charge is 0.407 e. The zero-order valence-corrected chi connectivity index (χ0v) is 44.1. The number of amides is 8. The van der Waals surface area contributed by atoms with E-state index < -0.39 is 126 Å². The number of guanidine groups is 1. The highest BCUT2D eigenvalue weighted by Gasteiger charge is 2.62. The number of aliphatic hydroxyl groups excluding tert-OH is 3. The standard InChI is InChI=1S/C49H82N12O14/c1-8-28(6)32(23-56-42(68)33(16-12-18-53-47(51)52)59-40(66)31(20-26(2)3)22-55-44(70)37(50)39(65)27(4)5)41(67)60-38(29(7)62)45(71)57-24-36(64)58-34(43(69)61-49(46(72)73)21-35(49)63)17-13-19-54-48(74)75-25-30-14-10-9-11-15-30/h9-11,14-15,26-29,31-35,37-39,62-63,65H,8,12-13,16-25,50H2,1-7H3,(H,54,74)(H,55,70)(H,56,68)(H,57,71)(H,58,64)(H,59,66)(H,60,67)(H,61,69)(H,72,73)(H4,51,52,53)/t28-,29-,31+,32-,33+,34-,35?,37-,38-,39+,49?/m0/s1. The molecule has 26 nitrogen and oxygen atoms in total. The maximum atomic E-state index is 13.9. The number of carbonyl (C=O) groups excluding carboxylic acids is 8. The number of aliphatic carboxylic acids is 1. The van der Waals surface area contributed by atoms with Crippen molar-refractivity contribution in [2.75, 3.05) is 32.7 Å². The molecule has 26 heteroatoms. The fourth-order valence-corrected chi connectivity index (χ4v) is 7.69. The first-order valence-electron chi connectivity index (χ1n) is 25.3. The zero-order chi connectivity index (χ0) is 56.6. The van der Waals surface area contributed by atoms with E-state index in [9.17, 15) is 63.6 Å². The summed E-state index contributed by atoms with van der Waals surface area (Å²) < 4.78 is 5.17. The Morgan fingerprint density at radius 1 is 0.773 bits per heavy atom. The minimum absolute atomic E-state index is 0.00199. The van der Waals surface area contributed by atoms with Gasteiger partial charge < -0.3 is 84.9 Å². The van der Waals surface area contributed by atoms with E-state index in [1.807, 2.05) is 13.8 Å². The molecule has 1 aromatic rings. The Labute approximate surface area is 437 Å². The normalized spacial score (nSPS) is 18.4. The summed E-state index contributed by atoms with van der Waals surface area (Å²) in [6.07, 6.45) is -4.07. The first-order valence-corrected chi connectivity index (χ1v) is 25.3. The number of nitrogens with two attached hydrogens (primary N) is 3. The number of aliphatic hydroxyl groups is 3. The summed E-state index contributed by atoms with van der Waals surface area (Å²) in [4.78, 5) is 123. The maximum Gasteiger partial charge on any atom is 0.407 e. The van der Waals surface area contributed by atoms with Crippen molar-refractivity contribution in [2.45, 2.75) is 148 Å². The lowest BCUT2D eigenvalue weighted by Gasteiger charge is -2.28. The fourth-order valence-electron chi connectivity index (χ4n) is 7.69. The van der Waals surface area contributed by atoms with Crippen molar-refractivity contribution < 1.29 is 68.3 Å². The number of benzene rings is 1. The molecule has 1 aliphatic carbocycles. The van der Waals surface area contributed by atoms with E-state index in [1.54, 1.807) is 58.0 Å². The van der Waals surface area contributed by atoms with Gasteiger partial charge in [0.15, 0.2) is 11.5 Å². The molecule has 422 valence electrons. The van der Waals surface area contributed by atoms with Gasteiger partial charge in [-0.1, -0.05) is 78.3 Å². The van der Waals surface area contributed by atoms with Crippen molar-refractivity contribution in [3.63, 3.8) is 0 Å². The molecule has 1 aliphatic rings. The largest absolute Gasteiger partial charge is 0.479 e. The van der Waals surface area contributed by atoms with E-state index in [2.05, 4.69) is 47.5 Å². The van der Waals surface area contributed by atoms with Crippen LogP contribution in [-0.4, -0.2) is 161 Å². The summed E-state index contributed by atoms with van der Waals surface area (Å²) in [5, 5.41) is 60.8. The van der Waals surface area contributed by atoms with Crippen LogP contribution in [0.1, 0.15) is 99.0 Å². The van der Waals surface area contributed by atoms with Gasteiger partial charge in [-0.25, -0.2) is 9.59 Å². The number of rotatable bonds is 34. The molecule has 0 saturated heterocycles. The Balaban J connectivity index is 2.16. The number of carboxylic acid groups (broad SMARTS) is 1. The van der Waals surface area contributed by atoms with E-state index in [0.29, 0.717) is 12.8 Å². The van der Waals surface area contributed by atoms with Gasteiger partial charge in [0, 0.05) is 32.6 Å². The minimum Gasteiger partial charge on any atom is -0.479 e. The molecule has 0 aromatic heterocycles. The Morgan fingerprint density at radius 2 is 1.39 bits per heavy atom. The Bertz CT molecular complexity index is 2090. The lowest BCUT2D eigenvalue weighted by Crippen LogP contribution is -2.58. The van der Waals surface area contributed by atoms with Gasteiger partial charge in [-0.2, -0.15) is 0 Å². The van der Waals surface area contributed by atoms with Crippen molar-refractivity contribution in [3.05, 3.63) is 35.9 Å². The number of ether oxygens (including phenoxy) is 1. The molecule has 0 bridgehead atoms. The van der Waals surface area contributed by atoms with Gasteiger partial charge in [-0.15, -0.1) is 0 Å². The number of carboxylic acids is 1. The van der Waals surface area contributed by atoms with Crippen LogP contribution in [0.5, 0.6) is 0 Å². The molecule has 75 heavy (non-hydrogen) atoms. The lowest BCUT2D eigenvalue weighted by molar-refractivity contribution is -0.144. The number of aliphatic imine (C=N–C) groups is 1. The number of nitrogens with one attached hydrogen (secondary N) is 8. The summed E-state index contributed by atoms with van der Waals surface area (Å²) in [5.74, 6) is -9.75. The van der Waals surface area contributed by atoms with Crippen LogP contribution in [-0.2, 0) is 49.7 Å². The first kappa shape index (κ1) is 64.5. The monoisotopic (exact) mass is 1060 g/mol. The quantitative estimate of drug-likeness (QED) is 0.0190. The summed E-state index contributed by atoms with van der Waals surface area (Å²) >= 11 is 0. The first-order chi connectivity index (χ1) is 35.2. The van der Waals surface area contributed by atoms with Crippen LogP contribution in [0.3, 0.4) is 0 Å². The van der Waals surface area contributed by atoms with E-state index in [0.717, 1.165) is 5.56 Å². The van der Waals surface area contributed by atoms with Gasteiger partial charge in [0.05, 0.1) is 36.7 Å². The molecule has 1 saturated carbocycles. The summed E-state index contributed by atoms with van der Waals surface area (Å²) in [6.45, 7) is 10.8. The lowest BCUT2D eigenvalue weighted by atomic mass is 9.90. The molecule has 0 spiro atoms. The zero-order valence-electron chi connectivity index (χ0n) is 44.1. The highest BCUT2D eigenvalue weighted by atomic mass is 16.5. The van der Waals surface area contributed by atoms with Crippen molar-refractivity contribution >= 4 is 59.4 Å². The second kappa shape index (κ2) is 31.9. The van der Waals surface area contributed by atoms with Crippen molar-refractivity contribution in [1.82, 2.24) is 42.5 Å². The van der Waals surface area contributed by atoms with Crippen LogP contribution in [0, 0.1) is 29.6 Å². The van der Waals surface area contributed by atoms with Crippen molar-refractivity contribution in [2.24, 2.45) is 51.8 Å². The molecular formula is C49H82N12O14. The summed E-state index contributed by atoms with van der Waals surface area (Å²) in [7, 11) is 0. The van der Waals surface area contributed by atoms with E-state index in [4.69, 9.17) is 21.9 Å². The van der Waals surface area contributed by atoms with E-state index in [1.165, 1.54) is 6.92 Å². The SMILES string of the molecule is CC[C@H](C)[C@H](CNC(=O)[C@@H](CCCN=C(N)N)NC(=O)[C@@H](CNC(=O)[C@@H](N)[C@H](O)C(C)C)CC(C)C)C(=O)N[C@H](C(=O)NCC(=O)N[C@@H](CCCNC(=O)OCc1ccccc1)C(=O)NC1(C(=O)O)CC1O)[C@H](C)O. The number of nitrogens with zero attached hydrogens (tertiary/aromatic N) is 1.